The SMILES string of the molecule is CCCCCc1nc2ccc(OC)cc2cc1OC1C[C@@H](C(=O)N[C@]2(C(=O)NS(=O)(=O)C3CC3)C[C@H]2CC)N(C(=O)[C@@H](NC(=O)OC2CC2)C(C)(C)C)C1. The molecule has 1 unspecified atom stereocenters. The first-order valence-corrected chi connectivity index (χ1v) is 20.9. The van der Waals surface area contributed by atoms with E-state index in [9.17, 15) is 27.6 Å². The second-order valence-corrected chi connectivity index (χ2v) is 18.4. The monoisotopic (exact) mass is 769 g/mol. The van der Waals surface area contributed by atoms with Gasteiger partial charge in [0.2, 0.25) is 21.8 Å². The van der Waals surface area contributed by atoms with Gasteiger partial charge in [-0.25, -0.2) is 18.2 Å². The maximum atomic E-state index is 14.6. The van der Waals surface area contributed by atoms with Gasteiger partial charge >= 0.3 is 6.09 Å². The van der Waals surface area contributed by atoms with E-state index in [1.807, 2.05) is 52.0 Å². The molecule has 1 aliphatic heterocycles. The van der Waals surface area contributed by atoms with Gasteiger partial charge in [-0.1, -0.05) is 53.9 Å². The summed E-state index contributed by atoms with van der Waals surface area (Å²) in [7, 11) is -2.27. The van der Waals surface area contributed by atoms with Gasteiger partial charge in [0.05, 0.1) is 30.1 Å². The van der Waals surface area contributed by atoms with Crippen LogP contribution in [0.3, 0.4) is 0 Å². The van der Waals surface area contributed by atoms with E-state index in [0.29, 0.717) is 37.2 Å². The fourth-order valence-corrected chi connectivity index (χ4v) is 8.64. The van der Waals surface area contributed by atoms with Gasteiger partial charge in [-0.3, -0.25) is 19.1 Å². The van der Waals surface area contributed by atoms with Crippen LogP contribution in [-0.4, -0.2) is 90.9 Å². The first-order valence-electron chi connectivity index (χ1n) is 19.4. The molecule has 1 aromatic carbocycles. The lowest BCUT2D eigenvalue weighted by molar-refractivity contribution is -0.143. The number of likely N-dealkylation sites (tertiary alicyclic amines) is 1. The molecule has 1 saturated heterocycles. The Morgan fingerprint density at radius 1 is 1.04 bits per heavy atom. The number of carbonyl (C=O) groups excluding carboxylic acids is 4. The number of aromatic nitrogens is 1. The molecule has 4 aliphatic rings. The molecule has 14 nitrogen and oxygen atoms in total. The zero-order valence-corrected chi connectivity index (χ0v) is 33.1. The lowest BCUT2D eigenvalue weighted by Gasteiger charge is -2.35. The van der Waals surface area contributed by atoms with Crippen molar-refractivity contribution < 1.29 is 41.8 Å². The molecule has 3 N–H and O–H groups in total. The Hall–Kier alpha value is -4.14. The number of rotatable bonds is 16. The number of benzene rings is 1. The number of nitrogens with one attached hydrogen (secondary N) is 3. The highest BCUT2D eigenvalue weighted by atomic mass is 32.2. The minimum atomic E-state index is -3.86. The summed E-state index contributed by atoms with van der Waals surface area (Å²) in [6, 6.07) is 5.40. The Kier molecular flexibility index (Phi) is 11.4. The highest BCUT2D eigenvalue weighted by Gasteiger charge is 2.62. The highest BCUT2D eigenvalue weighted by Crippen LogP contribution is 2.47. The molecule has 2 aromatic rings. The number of hydrogen-bond acceptors (Lipinski definition) is 10. The number of amides is 4. The number of sulfonamides is 1. The molecular weight excluding hydrogens is 715 g/mol. The number of pyridine rings is 1. The van der Waals surface area contributed by atoms with E-state index in [1.54, 1.807) is 7.11 Å². The van der Waals surface area contributed by atoms with Crippen LogP contribution in [0.25, 0.3) is 10.9 Å². The van der Waals surface area contributed by atoms with Gasteiger partial charge in [0.1, 0.15) is 41.3 Å². The van der Waals surface area contributed by atoms with Crippen molar-refractivity contribution in [3.8, 4) is 11.5 Å². The molecular formula is C39H55N5O9S. The van der Waals surface area contributed by atoms with Crippen molar-refractivity contribution in [3.05, 3.63) is 30.0 Å². The third-order valence-corrected chi connectivity index (χ3v) is 12.8. The first kappa shape index (κ1) is 39.6. The molecule has 3 saturated carbocycles. The second kappa shape index (κ2) is 15.5. The summed E-state index contributed by atoms with van der Waals surface area (Å²) in [5.74, 6) is -0.924. The molecule has 3 aliphatic carbocycles. The Bertz CT molecular complexity index is 1870. The zero-order valence-electron chi connectivity index (χ0n) is 32.2. The van der Waals surface area contributed by atoms with Gasteiger partial charge in [0.15, 0.2) is 0 Å². The lowest BCUT2D eigenvalue weighted by atomic mass is 9.85. The van der Waals surface area contributed by atoms with Gasteiger partial charge < -0.3 is 29.7 Å². The molecule has 4 fully saturated rings. The second-order valence-electron chi connectivity index (χ2n) is 16.4. The molecule has 6 rings (SSSR count). The largest absolute Gasteiger partial charge is 0.497 e. The molecule has 0 radical (unpaired) electrons. The minimum Gasteiger partial charge on any atom is -0.497 e. The van der Waals surface area contributed by atoms with Crippen LogP contribution in [0.15, 0.2) is 24.3 Å². The predicted octanol–water partition coefficient (Wildman–Crippen LogP) is 4.52. The maximum absolute atomic E-state index is 14.6. The van der Waals surface area contributed by atoms with Gasteiger partial charge in [-0.15, -0.1) is 0 Å². The van der Waals surface area contributed by atoms with E-state index < -0.39 is 68.2 Å². The van der Waals surface area contributed by atoms with Crippen molar-refractivity contribution in [2.75, 3.05) is 13.7 Å². The van der Waals surface area contributed by atoms with E-state index in [0.717, 1.165) is 48.7 Å². The third kappa shape index (κ3) is 8.87. The molecule has 1 aromatic heterocycles. The van der Waals surface area contributed by atoms with Crippen LogP contribution < -0.4 is 24.8 Å². The Labute approximate surface area is 317 Å². The summed E-state index contributed by atoms with van der Waals surface area (Å²) in [4.78, 5) is 61.8. The van der Waals surface area contributed by atoms with E-state index in [-0.39, 0.29) is 31.4 Å². The molecule has 0 bridgehead atoms. The standard InChI is InChI=1S/C39H55N5O9S/c1-7-9-10-11-30-32(19-23-18-26(51-6)14-17-29(23)40-30)52-27-20-31(44(22-27)35(46)33(38(3,4)5)41-37(48)53-25-12-13-25)34(45)42-39(21-24(39)8-2)36(47)43-54(49,50)28-15-16-28/h14,17-19,24-25,27-28,31,33H,7-13,15-16,20-22H2,1-6H3,(H,41,48)(H,42,45)(H,43,47)/t24-,27?,31+,33-,39-/m1/s1. The molecule has 0 spiro atoms. The average molecular weight is 770 g/mol. The number of hydrogen-bond donors (Lipinski definition) is 3. The van der Waals surface area contributed by atoms with Crippen LogP contribution in [0.4, 0.5) is 4.79 Å². The summed E-state index contributed by atoms with van der Waals surface area (Å²) < 4.78 is 45.3. The number of aryl methyl sites for hydroxylation is 1. The van der Waals surface area contributed by atoms with Crippen molar-refractivity contribution >= 4 is 44.7 Å². The van der Waals surface area contributed by atoms with Crippen LogP contribution in [0, 0.1) is 11.3 Å². The van der Waals surface area contributed by atoms with Crippen LogP contribution in [-0.2, 0) is 35.6 Å². The van der Waals surface area contributed by atoms with Gasteiger partial charge in [-0.05, 0) is 80.5 Å². The highest BCUT2D eigenvalue weighted by molar-refractivity contribution is 7.91. The van der Waals surface area contributed by atoms with E-state index in [1.165, 1.54) is 4.90 Å². The molecule has 2 heterocycles. The molecule has 5 atom stereocenters. The predicted molar refractivity (Wildman–Crippen MR) is 201 cm³/mol. The third-order valence-electron chi connectivity index (χ3n) is 10.9. The van der Waals surface area contributed by atoms with Crippen LogP contribution in [0.5, 0.6) is 11.5 Å². The number of alkyl carbamates (subject to hydrolysis) is 1. The van der Waals surface area contributed by atoms with Crippen molar-refractivity contribution in [2.45, 2.75) is 140 Å². The summed E-state index contributed by atoms with van der Waals surface area (Å²) in [6.07, 6.45) is 5.46. The van der Waals surface area contributed by atoms with Crippen LogP contribution in [0.2, 0.25) is 0 Å². The lowest BCUT2D eigenvalue weighted by Crippen LogP contribution is -2.60. The van der Waals surface area contributed by atoms with E-state index in [2.05, 4.69) is 22.3 Å². The number of nitrogens with zero attached hydrogens (tertiary/aromatic N) is 2. The molecule has 296 valence electrons. The number of unbranched alkanes of at least 4 members (excludes halogenated alkanes) is 2. The summed E-state index contributed by atoms with van der Waals surface area (Å²) in [6.45, 7) is 9.47. The Morgan fingerprint density at radius 3 is 2.39 bits per heavy atom. The number of carbonyl (C=O) groups is 4. The molecule has 4 amide bonds. The van der Waals surface area contributed by atoms with Crippen molar-refractivity contribution in [2.24, 2.45) is 11.3 Å². The number of ether oxygens (including phenoxy) is 3. The Balaban J connectivity index is 1.30. The van der Waals surface area contributed by atoms with Crippen LogP contribution >= 0.6 is 0 Å². The van der Waals surface area contributed by atoms with Crippen molar-refractivity contribution in [1.29, 1.82) is 0 Å². The van der Waals surface area contributed by atoms with E-state index >= 15 is 0 Å². The first-order chi connectivity index (χ1) is 25.6. The van der Waals surface area contributed by atoms with Gasteiger partial charge in [0, 0.05) is 11.8 Å². The maximum Gasteiger partial charge on any atom is 0.408 e. The Morgan fingerprint density at radius 2 is 1.78 bits per heavy atom. The van der Waals surface area contributed by atoms with Gasteiger partial charge in [-0.2, -0.15) is 0 Å². The molecule has 15 heteroatoms. The minimum absolute atomic E-state index is 0.0138. The summed E-state index contributed by atoms with van der Waals surface area (Å²) in [5.41, 5.74) is -0.643. The fourth-order valence-electron chi connectivity index (χ4n) is 7.28. The average Bonchev–Trinajstić information content (AvgIpc) is 4.02. The number of fused-ring (bicyclic) bond motifs is 1. The van der Waals surface area contributed by atoms with Crippen molar-refractivity contribution in [1.82, 2.24) is 25.2 Å². The van der Waals surface area contributed by atoms with Crippen LogP contribution in [0.1, 0.15) is 105 Å². The summed E-state index contributed by atoms with van der Waals surface area (Å²) in [5, 5.41) is 5.85. The quantitative estimate of drug-likeness (QED) is 0.205. The topological polar surface area (TPSA) is 182 Å². The smallest absolute Gasteiger partial charge is 0.408 e. The normalized spacial score (nSPS) is 24.4. The summed E-state index contributed by atoms with van der Waals surface area (Å²) >= 11 is 0. The zero-order chi connectivity index (χ0) is 39.0. The van der Waals surface area contributed by atoms with Crippen molar-refractivity contribution in [3.63, 3.8) is 0 Å². The van der Waals surface area contributed by atoms with Gasteiger partial charge in [0.25, 0.3) is 5.91 Å². The van der Waals surface area contributed by atoms with E-state index in [4.69, 9.17) is 19.2 Å². The molecule has 54 heavy (non-hydrogen) atoms. The number of methoxy groups -OCH3 is 1. The fraction of sp³-hybridized carbons (Fsp3) is 0.667.